The Bertz CT molecular complexity index is 1150. The highest BCUT2D eigenvalue weighted by atomic mass is 32.2. The van der Waals surface area contributed by atoms with E-state index in [-0.39, 0.29) is 16.4 Å². The molecule has 0 spiro atoms. The minimum Gasteiger partial charge on any atom is -0.352 e. The average molecular weight is 439 g/mol. The second kappa shape index (κ2) is 8.53. The third-order valence-electron chi connectivity index (χ3n) is 4.91. The third-order valence-corrected chi connectivity index (χ3v) is 7.19. The van der Waals surface area contributed by atoms with Gasteiger partial charge in [0.05, 0.1) is 21.8 Å². The van der Waals surface area contributed by atoms with Crippen LogP contribution >= 0.6 is 11.8 Å². The fourth-order valence-corrected chi connectivity index (χ4v) is 5.52. The Morgan fingerprint density at radius 3 is 2.10 bits per heavy atom. The van der Waals surface area contributed by atoms with Crippen LogP contribution in [-0.2, 0) is 9.84 Å². The van der Waals surface area contributed by atoms with Gasteiger partial charge < -0.3 is 10.2 Å². The maximum atomic E-state index is 12.6. The molecule has 30 heavy (non-hydrogen) atoms. The summed E-state index contributed by atoms with van der Waals surface area (Å²) >= 11 is 1.76. The fraction of sp³-hybridized carbons (Fsp3) is 0.174. The molecule has 0 bridgehead atoms. The Balaban J connectivity index is 1.44. The van der Waals surface area contributed by atoms with Crippen LogP contribution in [0.5, 0.6) is 0 Å². The van der Waals surface area contributed by atoms with Crippen molar-refractivity contribution >= 4 is 38.9 Å². The normalized spacial score (nSPS) is 12.8. The molecule has 0 aromatic heterocycles. The van der Waals surface area contributed by atoms with Crippen LogP contribution in [0.1, 0.15) is 16.8 Å². The lowest BCUT2D eigenvalue weighted by Gasteiger charge is -2.32. The van der Waals surface area contributed by atoms with E-state index in [4.69, 9.17) is 0 Å². The van der Waals surface area contributed by atoms with Gasteiger partial charge in [-0.2, -0.15) is 0 Å². The zero-order valence-corrected chi connectivity index (χ0v) is 18.2. The van der Waals surface area contributed by atoms with E-state index in [1.807, 2.05) is 24.3 Å². The topological polar surface area (TPSA) is 66.5 Å². The van der Waals surface area contributed by atoms with Gasteiger partial charge in [-0.25, -0.2) is 8.42 Å². The molecule has 1 N–H and O–H groups in total. The van der Waals surface area contributed by atoms with Crippen LogP contribution in [-0.4, -0.2) is 33.7 Å². The van der Waals surface area contributed by atoms with E-state index in [1.54, 1.807) is 30.0 Å². The van der Waals surface area contributed by atoms with Crippen molar-refractivity contribution in [1.29, 1.82) is 0 Å². The fourth-order valence-electron chi connectivity index (χ4n) is 3.53. The summed E-state index contributed by atoms with van der Waals surface area (Å²) in [4.78, 5) is 17.3. The van der Waals surface area contributed by atoms with Gasteiger partial charge in [-0.15, -0.1) is 0 Å². The first kappa shape index (κ1) is 20.5. The maximum Gasteiger partial charge on any atom is 0.252 e. The first-order valence-electron chi connectivity index (χ1n) is 9.66. The molecule has 5 nitrogen and oxygen atoms in total. The van der Waals surface area contributed by atoms with Crippen molar-refractivity contribution in [1.82, 2.24) is 5.32 Å². The summed E-state index contributed by atoms with van der Waals surface area (Å²) < 4.78 is 23.9. The van der Waals surface area contributed by atoms with Crippen LogP contribution in [0.25, 0.3) is 0 Å². The Kier molecular flexibility index (Phi) is 5.83. The second-order valence-corrected chi connectivity index (χ2v) is 10.1. The summed E-state index contributed by atoms with van der Waals surface area (Å²) in [5.41, 5.74) is 2.51. The molecular formula is C23H22N2O3S2. The van der Waals surface area contributed by atoms with Gasteiger partial charge in [0, 0.05) is 29.1 Å². The second-order valence-electron chi connectivity index (χ2n) is 7.07. The van der Waals surface area contributed by atoms with Crippen molar-refractivity contribution < 1.29 is 13.2 Å². The molecule has 4 rings (SSSR count). The van der Waals surface area contributed by atoms with E-state index in [9.17, 15) is 13.2 Å². The highest BCUT2D eigenvalue weighted by molar-refractivity contribution is 7.99. The number of fused-ring (bicyclic) bond motifs is 2. The summed E-state index contributed by atoms with van der Waals surface area (Å²) in [5, 5.41) is 2.86. The van der Waals surface area contributed by atoms with Gasteiger partial charge in [-0.3, -0.25) is 4.79 Å². The van der Waals surface area contributed by atoms with Gasteiger partial charge in [0.25, 0.3) is 5.91 Å². The zero-order chi connectivity index (χ0) is 21.1. The number of hydrogen-bond donors (Lipinski definition) is 1. The summed E-state index contributed by atoms with van der Waals surface area (Å²) in [7, 11) is -3.46. The molecule has 0 atom stereocenters. The van der Waals surface area contributed by atoms with Gasteiger partial charge in [0.1, 0.15) is 0 Å². The van der Waals surface area contributed by atoms with Crippen LogP contribution in [0, 0.1) is 0 Å². The lowest BCUT2D eigenvalue weighted by molar-refractivity contribution is 0.0950. The van der Waals surface area contributed by atoms with Crippen LogP contribution < -0.4 is 10.2 Å². The van der Waals surface area contributed by atoms with Crippen LogP contribution in [0.4, 0.5) is 11.4 Å². The van der Waals surface area contributed by atoms with Crippen LogP contribution in [0.3, 0.4) is 0 Å². The smallest absolute Gasteiger partial charge is 0.252 e. The Labute approximate surface area is 181 Å². The summed E-state index contributed by atoms with van der Waals surface area (Å²) in [5.74, 6) is -0.369. The maximum absolute atomic E-state index is 12.6. The first-order valence-corrected chi connectivity index (χ1v) is 12.4. The van der Waals surface area contributed by atoms with E-state index in [0.29, 0.717) is 6.54 Å². The van der Waals surface area contributed by atoms with E-state index < -0.39 is 9.84 Å². The van der Waals surface area contributed by atoms with Gasteiger partial charge in [0.2, 0.25) is 0 Å². The number of anilines is 2. The lowest BCUT2D eigenvalue weighted by atomic mass is 10.2. The standard InChI is InChI=1S/C23H22N2O3S2/c1-30(27,28)22-14-7-2-9-17(22)23(26)24-15-8-16-25-18-10-3-5-12-20(18)29-21-13-6-4-11-19(21)25/h2-7,9-14H,8,15-16H2,1H3,(H,24,26). The van der Waals surface area contributed by atoms with E-state index in [0.717, 1.165) is 30.6 Å². The molecule has 154 valence electrons. The molecular weight excluding hydrogens is 416 g/mol. The van der Waals surface area contributed by atoms with Gasteiger partial charge in [-0.1, -0.05) is 48.2 Å². The molecule has 0 aliphatic carbocycles. The number of para-hydroxylation sites is 2. The minimum absolute atomic E-state index is 0.0541. The SMILES string of the molecule is CS(=O)(=O)c1ccccc1C(=O)NCCCN1c2ccccc2Sc2ccccc21. The lowest BCUT2D eigenvalue weighted by Crippen LogP contribution is -2.29. The molecule has 1 amide bonds. The number of carbonyl (C=O) groups excluding carboxylic acids is 1. The Morgan fingerprint density at radius 1 is 0.900 bits per heavy atom. The van der Waals surface area contributed by atoms with Crippen LogP contribution in [0.15, 0.2) is 87.5 Å². The highest BCUT2D eigenvalue weighted by Crippen LogP contribution is 2.47. The molecule has 1 heterocycles. The zero-order valence-electron chi connectivity index (χ0n) is 16.5. The van der Waals surface area contributed by atoms with Crippen LogP contribution in [0.2, 0.25) is 0 Å². The first-order chi connectivity index (χ1) is 14.4. The minimum atomic E-state index is -3.46. The van der Waals surface area contributed by atoms with Crippen molar-refractivity contribution in [3.8, 4) is 0 Å². The number of carbonyl (C=O) groups is 1. The number of amides is 1. The monoisotopic (exact) mass is 438 g/mol. The average Bonchev–Trinajstić information content (AvgIpc) is 2.75. The summed E-state index contributed by atoms with van der Waals surface area (Å²) in [6.07, 6.45) is 1.84. The number of sulfone groups is 1. The molecule has 0 fully saturated rings. The van der Waals surface area contributed by atoms with Crippen molar-refractivity contribution in [3.05, 3.63) is 78.4 Å². The van der Waals surface area contributed by atoms with E-state index in [2.05, 4.69) is 34.5 Å². The van der Waals surface area contributed by atoms with Crippen molar-refractivity contribution in [2.24, 2.45) is 0 Å². The number of nitrogens with one attached hydrogen (secondary N) is 1. The van der Waals surface area contributed by atoms with Gasteiger partial charge in [-0.05, 0) is 42.8 Å². The molecule has 1 aliphatic rings. The molecule has 1 aliphatic heterocycles. The van der Waals surface area contributed by atoms with E-state index >= 15 is 0 Å². The number of hydrogen-bond acceptors (Lipinski definition) is 5. The molecule has 0 radical (unpaired) electrons. The largest absolute Gasteiger partial charge is 0.352 e. The van der Waals surface area contributed by atoms with Crippen molar-refractivity contribution in [3.63, 3.8) is 0 Å². The molecule has 3 aromatic rings. The number of benzene rings is 3. The summed E-state index contributed by atoms with van der Waals surface area (Å²) in [6.45, 7) is 1.19. The molecule has 3 aromatic carbocycles. The predicted octanol–water partition coefficient (Wildman–Crippen LogP) is 4.51. The Morgan fingerprint density at radius 2 is 1.47 bits per heavy atom. The molecule has 0 saturated carbocycles. The van der Waals surface area contributed by atoms with Gasteiger partial charge in [0.15, 0.2) is 9.84 Å². The Hall–Kier alpha value is -2.77. The van der Waals surface area contributed by atoms with Crippen molar-refractivity contribution in [2.75, 3.05) is 24.2 Å². The highest BCUT2D eigenvalue weighted by Gasteiger charge is 2.22. The molecule has 0 unspecified atom stereocenters. The predicted molar refractivity (Wildman–Crippen MR) is 121 cm³/mol. The molecule has 7 heteroatoms. The number of nitrogens with zero attached hydrogens (tertiary/aromatic N) is 1. The number of rotatable bonds is 6. The third kappa shape index (κ3) is 4.22. The summed E-state index contributed by atoms with van der Waals surface area (Å²) in [6, 6.07) is 22.9. The molecule has 0 saturated heterocycles. The van der Waals surface area contributed by atoms with Gasteiger partial charge >= 0.3 is 0 Å². The quantitative estimate of drug-likeness (QED) is 0.574. The van der Waals surface area contributed by atoms with Crippen molar-refractivity contribution in [2.45, 2.75) is 21.1 Å². The van der Waals surface area contributed by atoms with E-state index in [1.165, 1.54) is 15.9 Å².